The van der Waals surface area contributed by atoms with Crippen molar-refractivity contribution in [2.75, 3.05) is 14.2 Å². The van der Waals surface area contributed by atoms with Gasteiger partial charge in [-0.25, -0.2) is 0 Å². The lowest BCUT2D eigenvalue weighted by atomic mass is 10.1. The lowest BCUT2D eigenvalue weighted by Crippen LogP contribution is -2.26. The van der Waals surface area contributed by atoms with Crippen molar-refractivity contribution in [2.45, 2.75) is 33.4 Å². The molecule has 1 atom stereocenters. The number of amides is 1. The number of benzene rings is 1. The van der Waals surface area contributed by atoms with Crippen LogP contribution in [0.25, 0.3) is 0 Å². The largest absolute Gasteiger partial charge is 0.493 e. The van der Waals surface area contributed by atoms with E-state index in [1.807, 2.05) is 31.6 Å². The van der Waals surface area contributed by atoms with E-state index in [0.29, 0.717) is 17.1 Å². The molecule has 0 saturated carbocycles. The minimum Gasteiger partial charge on any atom is -0.493 e. The van der Waals surface area contributed by atoms with E-state index in [9.17, 15) is 4.79 Å². The number of rotatable bonds is 6. The maximum absolute atomic E-state index is 12.4. The van der Waals surface area contributed by atoms with E-state index in [1.54, 1.807) is 32.4 Å². The van der Waals surface area contributed by atoms with E-state index in [-0.39, 0.29) is 11.9 Å². The lowest BCUT2D eigenvalue weighted by molar-refractivity contribution is 0.0939. The van der Waals surface area contributed by atoms with Crippen LogP contribution < -0.4 is 14.8 Å². The molecule has 6 heteroatoms. The first kappa shape index (κ1) is 16.9. The maximum atomic E-state index is 12.4. The molecular weight excluding hydrogens is 294 g/mol. The van der Waals surface area contributed by atoms with E-state index in [0.717, 1.165) is 17.8 Å². The topological polar surface area (TPSA) is 65.4 Å². The van der Waals surface area contributed by atoms with Crippen LogP contribution in [-0.2, 0) is 6.54 Å². The molecule has 0 bridgehead atoms. The van der Waals surface area contributed by atoms with Crippen molar-refractivity contribution >= 4 is 5.91 Å². The molecular formula is C17H23N3O3. The van der Waals surface area contributed by atoms with E-state index >= 15 is 0 Å². The molecule has 1 amide bonds. The van der Waals surface area contributed by atoms with Crippen molar-refractivity contribution in [3.05, 3.63) is 41.2 Å². The van der Waals surface area contributed by atoms with Gasteiger partial charge in [-0.15, -0.1) is 0 Å². The Morgan fingerprint density at radius 3 is 2.57 bits per heavy atom. The van der Waals surface area contributed by atoms with E-state index < -0.39 is 0 Å². The molecule has 0 spiro atoms. The van der Waals surface area contributed by atoms with Crippen LogP contribution >= 0.6 is 0 Å². The van der Waals surface area contributed by atoms with Crippen molar-refractivity contribution < 1.29 is 14.3 Å². The normalized spacial score (nSPS) is 11.9. The zero-order chi connectivity index (χ0) is 17.0. The van der Waals surface area contributed by atoms with E-state index in [1.165, 1.54) is 0 Å². The Hall–Kier alpha value is -2.50. The molecule has 1 unspecified atom stereocenters. The fraction of sp³-hybridized carbons (Fsp3) is 0.412. The van der Waals surface area contributed by atoms with Gasteiger partial charge < -0.3 is 14.8 Å². The predicted octanol–water partition coefficient (Wildman–Crippen LogP) is 2.72. The van der Waals surface area contributed by atoms with E-state index in [2.05, 4.69) is 10.4 Å². The molecule has 2 aromatic rings. The second-order valence-corrected chi connectivity index (χ2v) is 5.29. The number of nitrogens with one attached hydrogen (secondary N) is 1. The minimum absolute atomic E-state index is 0.129. The second-order valence-electron chi connectivity index (χ2n) is 5.29. The molecule has 23 heavy (non-hydrogen) atoms. The summed E-state index contributed by atoms with van der Waals surface area (Å²) in [4.78, 5) is 12.4. The first-order valence-electron chi connectivity index (χ1n) is 7.57. The summed E-state index contributed by atoms with van der Waals surface area (Å²) in [7, 11) is 3.11. The lowest BCUT2D eigenvalue weighted by Gasteiger charge is -2.14. The number of nitrogens with zero attached hydrogens (tertiary/aromatic N) is 2. The summed E-state index contributed by atoms with van der Waals surface area (Å²) in [6.45, 7) is 6.73. The molecule has 0 saturated heterocycles. The van der Waals surface area contributed by atoms with Crippen molar-refractivity contribution in [1.82, 2.24) is 15.1 Å². The average molecular weight is 317 g/mol. The zero-order valence-corrected chi connectivity index (χ0v) is 14.2. The predicted molar refractivity (Wildman–Crippen MR) is 88.1 cm³/mol. The van der Waals surface area contributed by atoms with Crippen molar-refractivity contribution in [3.63, 3.8) is 0 Å². The van der Waals surface area contributed by atoms with Crippen molar-refractivity contribution in [2.24, 2.45) is 0 Å². The van der Waals surface area contributed by atoms with E-state index in [4.69, 9.17) is 9.47 Å². The van der Waals surface area contributed by atoms with Gasteiger partial charge in [0, 0.05) is 23.9 Å². The number of carbonyl (C=O) groups excluding carboxylic acids is 1. The summed E-state index contributed by atoms with van der Waals surface area (Å²) >= 11 is 0. The molecule has 0 aliphatic carbocycles. The fourth-order valence-electron chi connectivity index (χ4n) is 2.46. The molecule has 0 radical (unpaired) electrons. The quantitative estimate of drug-likeness (QED) is 0.889. The molecule has 2 rings (SSSR count). The van der Waals surface area contributed by atoms with Crippen LogP contribution in [0.3, 0.4) is 0 Å². The molecule has 1 aromatic carbocycles. The number of methoxy groups -OCH3 is 2. The van der Waals surface area contributed by atoms with Gasteiger partial charge in [0.25, 0.3) is 5.91 Å². The molecule has 1 N–H and O–H groups in total. The zero-order valence-electron chi connectivity index (χ0n) is 14.2. The average Bonchev–Trinajstić information content (AvgIpc) is 2.95. The molecule has 124 valence electrons. The third kappa shape index (κ3) is 3.64. The summed E-state index contributed by atoms with van der Waals surface area (Å²) in [5.74, 6) is 0.960. The monoisotopic (exact) mass is 317 g/mol. The number of hydrogen-bond donors (Lipinski definition) is 1. The molecule has 1 aromatic heterocycles. The van der Waals surface area contributed by atoms with Gasteiger partial charge in [0.1, 0.15) is 0 Å². The standard InChI is InChI=1S/C17H23N3O3/c1-6-20-10-14(12(3)19-20)11(2)18-17(21)13-7-8-15(22-4)16(9-13)23-5/h7-11H,6H2,1-5H3,(H,18,21). The Morgan fingerprint density at radius 2 is 2.00 bits per heavy atom. The molecule has 0 fully saturated rings. The number of ether oxygens (including phenoxy) is 2. The smallest absolute Gasteiger partial charge is 0.251 e. The highest BCUT2D eigenvalue weighted by molar-refractivity contribution is 5.95. The summed E-state index contributed by atoms with van der Waals surface area (Å²) in [5, 5.41) is 7.40. The Labute approximate surface area is 136 Å². The van der Waals surface area contributed by atoms with Crippen molar-refractivity contribution in [1.29, 1.82) is 0 Å². The Morgan fingerprint density at radius 1 is 1.30 bits per heavy atom. The Balaban J connectivity index is 2.16. The van der Waals surface area contributed by atoms with Gasteiger partial charge in [-0.05, 0) is 39.0 Å². The molecule has 0 aliphatic heterocycles. The summed E-state index contributed by atoms with van der Waals surface area (Å²) in [5.41, 5.74) is 2.46. The first-order valence-corrected chi connectivity index (χ1v) is 7.57. The number of aryl methyl sites for hydroxylation is 2. The number of carbonyl (C=O) groups is 1. The van der Waals surface area contributed by atoms with Crippen LogP contribution in [0.4, 0.5) is 0 Å². The third-order valence-corrected chi connectivity index (χ3v) is 3.77. The Kier molecular flexibility index (Phi) is 5.26. The Bertz CT molecular complexity index is 694. The minimum atomic E-state index is -0.165. The highest BCUT2D eigenvalue weighted by atomic mass is 16.5. The highest BCUT2D eigenvalue weighted by Crippen LogP contribution is 2.27. The van der Waals surface area contributed by atoms with Gasteiger partial charge in [-0.3, -0.25) is 9.48 Å². The van der Waals surface area contributed by atoms with Gasteiger partial charge >= 0.3 is 0 Å². The SMILES string of the molecule is CCn1cc(C(C)NC(=O)c2ccc(OC)c(OC)c2)c(C)n1. The first-order chi connectivity index (χ1) is 11.0. The van der Waals surface area contributed by atoms with Crippen LogP contribution in [0.15, 0.2) is 24.4 Å². The molecule has 6 nitrogen and oxygen atoms in total. The van der Waals surface area contributed by atoms with Crippen molar-refractivity contribution in [3.8, 4) is 11.5 Å². The third-order valence-electron chi connectivity index (χ3n) is 3.77. The van der Waals surface area contributed by atoms with Crippen LogP contribution in [0.1, 0.15) is 41.5 Å². The van der Waals surface area contributed by atoms with Gasteiger partial charge in [0.2, 0.25) is 0 Å². The highest BCUT2D eigenvalue weighted by Gasteiger charge is 2.17. The van der Waals surface area contributed by atoms with Crippen LogP contribution in [0.5, 0.6) is 11.5 Å². The summed E-state index contributed by atoms with van der Waals surface area (Å²) in [6.07, 6.45) is 1.97. The number of hydrogen-bond acceptors (Lipinski definition) is 4. The van der Waals surface area contributed by atoms with Crippen LogP contribution in [-0.4, -0.2) is 29.9 Å². The van der Waals surface area contributed by atoms with Crippen LogP contribution in [0.2, 0.25) is 0 Å². The van der Waals surface area contributed by atoms with Gasteiger partial charge in [0.05, 0.1) is 26.0 Å². The summed E-state index contributed by atoms with van der Waals surface area (Å²) < 4.78 is 12.3. The van der Waals surface area contributed by atoms with Gasteiger partial charge in [-0.1, -0.05) is 0 Å². The maximum Gasteiger partial charge on any atom is 0.251 e. The molecule has 0 aliphatic rings. The van der Waals surface area contributed by atoms with Gasteiger partial charge in [0.15, 0.2) is 11.5 Å². The van der Waals surface area contributed by atoms with Crippen LogP contribution in [0, 0.1) is 6.92 Å². The number of aromatic nitrogens is 2. The fourth-order valence-corrected chi connectivity index (χ4v) is 2.46. The second kappa shape index (κ2) is 7.17. The molecule has 1 heterocycles. The summed E-state index contributed by atoms with van der Waals surface area (Å²) in [6, 6.07) is 4.98. The van der Waals surface area contributed by atoms with Gasteiger partial charge in [-0.2, -0.15) is 5.10 Å².